The zero-order chi connectivity index (χ0) is 14.3. The van der Waals surface area contributed by atoms with Crippen LogP contribution in [0.4, 0.5) is 5.69 Å². The fourth-order valence-corrected chi connectivity index (χ4v) is 1.54. The van der Waals surface area contributed by atoms with Gasteiger partial charge in [0.1, 0.15) is 0 Å². The lowest BCUT2D eigenvalue weighted by Crippen LogP contribution is -2.28. The Morgan fingerprint density at radius 3 is 2.79 bits per heavy atom. The first kappa shape index (κ1) is 14.7. The molecule has 1 aromatic carbocycles. The lowest BCUT2D eigenvalue weighted by atomic mass is 10.1. The van der Waals surface area contributed by atoms with E-state index in [1.165, 1.54) is 7.11 Å². The lowest BCUT2D eigenvalue weighted by molar-refractivity contribution is -0.115. The Kier molecular flexibility index (Phi) is 5.58. The number of nitrogens with one attached hydrogen (secondary N) is 2. The van der Waals surface area contributed by atoms with Crippen molar-refractivity contribution in [2.75, 3.05) is 25.5 Å². The minimum Gasteiger partial charge on any atom is -0.465 e. The average molecular weight is 260 g/mol. The molecule has 0 radical (unpaired) electrons. The van der Waals surface area contributed by atoms with E-state index in [2.05, 4.69) is 21.3 Å². The van der Waals surface area contributed by atoms with Crippen LogP contribution in [0, 0.1) is 19.3 Å². The van der Waals surface area contributed by atoms with Crippen molar-refractivity contribution in [2.45, 2.75) is 6.92 Å². The predicted octanol–water partition coefficient (Wildman–Crippen LogP) is 0.943. The van der Waals surface area contributed by atoms with Crippen LogP contribution in [0.5, 0.6) is 0 Å². The number of carbonyl (C=O) groups excluding carboxylic acids is 2. The second-order valence-electron chi connectivity index (χ2n) is 3.83. The number of hydrogen-bond acceptors (Lipinski definition) is 4. The molecule has 0 saturated carbocycles. The van der Waals surface area contributed by atoms with E-state index in [4.69, 9.17) is 6.42 Å². The summed E-state index contributed by atoms with van der Waals surface area (Å²) in [6.07, 6.45) is 5.06. The van der Waals surface area contributed by atoms with Crippen molar-refractivity contribution < 1.29 is 14.3 Å². The average Bonchev–Trinajstić information content (AvgIpc) is 2.40. The number of hydrogen-bond donors (Lipinski definition) is 2. The quantitative estimate of drug-likeness (QED) is 0.470. The molecule has 19 heavy (non-hydrogen) atoms. The summed E-state index contributed by atoms with van der Waals surface area (Å²) in [6.45, 7) is 2.19. The van der Waals surface area contributed by atoms with Gasteiger partial charge in [-0.05, 0) is 24.6 Å². The molecule has 5 nitrogen and oxygen atoms in total. The molecule has 0 heterocycles. The zero-order valence-corrected chi connectivity index (χ0v) is 10.9. The number of benzene rings is 1. The fraction of sp³-hybridized carbons (Fsp3) is 0.286. The topological polar surface area (TPSA) is 67.4 Å². The molecule has 5 heteroatoms. The first-order valence-electron chi connectivity index (χ1n) is 5.72. The van der Waals surface area contributed by atoms with Gasteiger partial charge in [-0.2, -0.15) is 0 Å². The smallest absolute Gasteiger partial charge is 0.338 e. The number of anilines is 1. The third-order valence-electron chi connectivity index (χ3n) is 2.53. The summed E-state index contributed by atoms with van der Waals surface area (Å²) in [6, 6.07) is 5.05. The van der Waals surface area contributed by atoms with Gasteiger partial charge < -0.3 is 10.1 Å². The summed E-state index contributed by atoms with van der Waals surface area (Å²) >= 11 is 0. The van der Waals surface area contributed by atoms with Crippen molar-refractivity contribution in [3.05, 3.63) is 29.3 Å². The molecule has 0 atom stereocenters. The van der Waals surface area contributed by atoms with Crippen molar-refractivity contribution in [3.8, 4) is 12.3 Å². The SMILES string of the molecule is C#CCNCC(=O)Nc1cccc(C(=O)OC)c1C. The van der Waals surface area contributed by atoms with Gasteiger partial charge in [0.15, 0.2) is 0 Å². The number of esters is 1. The Bertz CT molecular complexity index is 518. The predicted molar refractivity (Wildman–Crippen MR) is 72.9 cm³/mol. The molecule has 0 bridgehead atoms. The number of terminal acetylenes is 1. The maximum Gasteiger partial charge on any atom is 0.338 e. The minimum absolute atomic E-state index is 0.117. The summed E-state index contributed by atoms with van der Waals surface area (Å²) in [7, 11) is 1.32. The van der Waals surface area contributed by atoms with E-state index >= 15 is 0 Å². The molecule has 0 aromatic heterocycles. The van der Waals surface area contributed by atoms with E-state index in [9.17, 15) is 9.59 Å². The van der Waals surface area contributed by atoms with Crippen molar-refractivity contribution in [1.82, 2.24) is 5.32 Å². The van der Waals surface area contributed by atoms with Gasteiger partial charge in [-0.1, -0.05) is 12.0 Å². The van der Waals surface area contributed by atoms with E-state index < -0.39 is 5.97 Å². The monoisotopic (exact) mass is 260 g/mol. The molecule has 1 rings (SSSR count). The van der Waals surface area contributed by atoms with Crippen LogP contribution in [-0.2, 0) is 9.53 Å². The maximum atomic E-state index is 11.6. The van der Waals surface area contributed by atoms with Crippen molar-refractivity contribution in [2.24, 2.45) is 0 Å². The molecule has 1 amide bonds. The highest BCUT2D eigenvalue weighted by molar-refractivity contribution is 5.97. The van der Waals surface area contributed by atoms with Crippen LogP contribution in [0.2, 0.25) is 0 Å². The van der Waals surface area contributed by atoms with Crippen LogP contribution in [0.15, 0.2) is 18.2 Å². The van der Waals surface area contributed by atoms with Crippen molar-refractivity contribution in [1.29, 1.82) is 0 Å². The Balaban J connectivity index is 2.77. The van der Waals surface area contributed by atoms with Gasteiger partial charge in [0.2, 0.25) is 5.91 Å². The summed E-state index contributed by atoms with van der Waals surface area (Å²) in [4.78, 5) is 23.1. The second kappa shape index (κ2) is 7.19. The van der Waals surface area contributed by atoms with Gasteiger partial charge in [0.25, 0.3) is 0 Å². The highest BCUT2D eigenvalue weighted by Gasteiger charge is 2.12. The van der Waals surface area contributed by atoms with E-state index in [0.29, 0.717) is 23.4 Å². The highest BCUT2D eigenvalue weighted by atomic mass is 16.5. The number of rotatable bonds is 5. The molecule has 0 saturated heterocycles. The third-order valence-corrected chi connectivity index (χ3v) is 2.53. The Morgan fingerprint density at radius 2 is 2.16 bits per heavy atom. The van der Waals surface area contributed by atoms with Crippen LogP contribution in [-0.4, -0.2) is 32.1 Å². The molecular formula is C14H16N2O3. The van der Waals surface area contributed by atoms with Crippen LogP contribution in [0.25, 0.3) is 0 Å². The van der Waals surface area contributed by atoms with E-state index in [1.807, 2.05) is 0 Å². The third kappa shape index (κ3) is 4.12. The molecule has 0 fully saturated rings. The van der Waals surface area contributed by atoms with Gasteiger partial charge in [-0.25, -0.2) is 4.79 Å². The minimum atomic E-state index is -0.431. The number of ether oxygens (including phenoxy) is 1. The molecule has 0 aliphatic carbocycles. The zero-order valence-electron chi connectivity index (χ0n) is 10.9. The van der Waals surface area contributed by atoms with Gasteiger partial charge in [0, 0.05) is 5.69 Å². The fourth-order valence-electron chi connectivity index (χ4n) is 1.54. The van der Waals surface area contributed by atoms with Gasteiger partial charge in [0.05, 0.1) is 25.8 Å². The second-order valence-corrected chi connectivity index (χ2v) is 3.83. The normalized spacial score (nSPS) is 9.53. The first-order chi connectivity index (χ1) is 9.10. The standard InChI is InChI=1S/C14H16N2O3/c1-4-8-15-9-13(17)16-12-7-5-6-11(10(12)2)14(18)19-3/h1,5-7,15H,8-9H2,2-3H3,(H,16,17). The van der Waals surface area contributed by atoms with Crippen LogP contribution in [0.1, 0.15) is 15.9 Å². The molecule has 0 aliphatic rings. The summed E-state index contributed by atoms with van der Waals surface area (Å²) < 4.78 is 4.67. The van der Waals surface area contributed by atoms with E-state index in [0.717, 1.165) is 0 Å². The number of carbonyl (C=O) groups is 2. The number of methoxy groups -OCH3 is 1. The summed E-state index contributed by atoms with van der Waals surface area (Å²) in [5.74, 6) is 1.72. The molecule has 0 aliphatic heterocycles. The van der Waals surface area contributed by atoms with Crippen LogP contribution >= 0.6 is 0 Å². The van der Waals surface area contributed by atoms with E-state index in [-0.39, 0.29) is 12.5 Å². The molecule has 0 unspecified atom stereocenters. The highest BCUT2D eigenvalue weighted by Crippen LogP contribution is 2.19. The van der Waals surface area contributed by atoms with Gasteiger partial charge in [-0.3, -0.25) is 10.1 Å². The molecule has 0 spiro atoms. The lowest BCUT2D eigenvalue weighted by Gasteiger charge is -2.11. The maximum absolute atomic E-state index is 11.6. The summed E-state index contributed by atoms with van der Waals surface area (Å²) in [5, 5.41) is 5.49. The Morgan fingerprint density at radius 1 is 1.42 bits per heavy atom. The largest absolute Gasteiger partial charge is 0.465 e. The van der Waals surface area contributed by atoms with Gasteiger partial charge in [-0.15, -0.1) is 6.42 Å². The van der Waals surface area contributed by atoms with Gasteiger partial charge >= 0.3 is 5.97 Å². The van der Waals surface area contributed by atoms with Crippen LogP contribution in [0.3, 0.4) is 0 Å². The molecule has 2 N–H and O–H groups in total. The molecule has 100 valence electrons. The Labute approximate surface area is 112 Å². The first-order valence-corrected chi connectivity index (χ1v) is 5.72. The molecular weight excluding hydrogens is 244 g/mol. The Hall–Kier alpha value is -2.32. The van der Waals surface area contributed by atoms with Crippen LogP contribution < -0.4 is 10.6 Å². The molecule has 1 aromatic rings. The van der Waals surface area contributed by atoms with Crippen molar-refractivity contribution >= 4 is 17.6 Å². The van der Waals surface area contributed by atoms with E-state index in [1.54, 1.807) is 25.1 Å². The van der Waals surface area contributed by atoms with Crippen molar-refractivity contribution in [3.63, 3.8) is 0 Å². The number of amides is 1. The summed E-state index contributed by atoms with van der Waals surface area (Å²) in [5.41, 5.74) is 1.67.